The van der Waals surface area contributed by atoms with Crippen molar-refractivity contribution in [2.24, 2.45) is 0 Å². The third-order valence-electron chi connectivity index (χ3n) is 3.00. The molecule has 2 N–H and O–H groups in total. The summed E-state index contributed by atoms with van der Waals surface area (Å²) in [5.74, 6) is -0.112. The van der Waals surface area contributed by atoms with E-state index in [-0.39, 0.29) is 12.0 Å². The summed E-state index contributed by atoms with van der Waals surface area (Å²) in [7, 11) is 0. The number of benzene rings is 1. The van der Waals surface area contributed by atoms with Gasteiger partial charge in [0.15, 0.2) is 0 Å². The van der Waals surface area contributed by atoms with Gasteiger partial charge in [-0.05, 0) is 31.5 Å². The van der Waals surface area contributed by atoms with Crippen molar-refractivity contribution in [2.75, 3.05) is 25.0 Å². The molecule has 20 heavy (non-hydrogen) atoms. The molecular weight excluding hydrogens is 256 g/mol. The normalized spacial score (nSPS) is 19.1. The van der Waals surface area contributed by atoms with Gasteiger partial charge in [0.2, 0.25) is 0 Å². The highest BCUT2D eigenvalue weighted by Gasteiger charge is 2.21. The van der Waals surface area contributed by atoms with Crippen molar-refractivity contribution in [3.05, 3.63) is 29.8 Å². The van der Waals surface area contributed by atoms with Gasteiger partial charge in [-0.15, -0.1) is 0 Å². The zero-order valence-corrected chi connectivity index (χ0v) is 12.0. The number of morpholine rings is 1. The summed E-state index contributed by atoms with van der Waals surface area (Å²) in [5, 5.41) is 6.02. The molecule has 1 aromatic rings. The maximum atomic E-state index is 12.0. The zero-order chi connectivity index (χ0) is 14.4. The van der Waals surface area contributed by atoms with E-state index in [1.54, 1.807) is 0 Å². The Morgan fingerprint density at radius 1 is 1.55 bits per heavy atom. The van der Waals surface area contributed by atoms with Crippen molar-refractivity contribution in [3.63, 3.8) is 0 Å². The van der Waals surface area contributed by atoms with Crippen LogP contribution < -0.4 is 10.6 Å². The molecular formula is C15H22N2O3. The molecule has 2 rings (SSSR count). The summed E-state index contributed by atoms with van der Waals surface area (Å²) in [5.41, 5.74) is 1.81. The minimum Gasteiger partial charge on any atom is -0.374 e. The Morgan fingerprint density at radius 2 is 2.40 bits per heavy atom. The van der Waals surface area contributed by atoms with Gasteiger partial charge in [0.25, 0.3) is 5.91 Å². The van der Waals surface area contributed by atoms with Crippen molar-refractivity contribution in [1.29, 1.82) is 0 Å². The molecule has 0 spiro atoms. The molecule has 1 aliphatic heterocycles. The zero-order valence-electron chi connectivity index (χ0n) is 12.0. The molecule has 0 saturated carbocycles. The Bertz CT molecular complexity index is 442. The van der Waals surface area contributed by atoms with Crippen LogP contribution >= 0.6 is 0 Å². The average molecular weight is 278 g/mol. The van der Waals surface area contributed by atoms with Gasteiger partial charge in [-0.1, -0.05) is 12.1 Å². The summed E-state index contributed by atoms with van der Waals surface area (Å²) in [4.78, 5) is 12.0. The second-order valence-electron chi connectivity index (χ2n) is 5.11. The third-order valence-corrected chi connectivity index (χ3v) is 3.00. The maximum absolute atomic E-state index is 12.0. The molecule has 0 radical (unpaired) electrons. The van der Waals surface area contributed by atoms with Crippen molar-refractivity contribution < 1.29 is 14.3 Å². The van der Waals surface area contributed by atoms with Crippen molar-refractivity contribution in [3.8, 4) is 0 Å². The van der Waals surface area contributed by atoms with Gasteiger partial charge in [-0.3, -0.25) is 4.79 Å². The lowest BCUT2D eigenvalue weighted by atomic mass is 10.2. The van der Waals surface area contributed by atoms with E-state index in [0.717, 1.165) is 17.8 Å². The van der Waals surface area contributed by atoms with Crippen molar-refractivity contribution in [2.45, 2.75) is 32.7 Å². The third kappa shape index (κ3) is 4.59. The molecule has 1 atom stereocenters. The second kappa shape index (κ2) is 7.38. The largest absolute Gasteiger partial charge is 0.374 e. The molecule has 5 nitrogen and oxygen atoms in total. The lowest BCUT2D eigenvalue weighted by Gasteiger charge is -2.22. The van der Waals surface area contributed by atoms with Crippen molar-refractivity contribution in [1.82, 2.24) is 5.32 Å². The predicted octanol–water partition coefficient (Wildman–Crippen LogP) is 1.54. The van der Waals surface area contributed by atoms with Gasteiger partial charge >= 0.3 is 0 Å². The van der Waals surface area contributed by atoms with Crippen LogP contribution in [0.25, 0.3) is 0 Å². The molecule has 0 aliphatic carbocycles. The first-order valence-electron chi connectivity index (χ1n) is 6.99. The van der Waals surface area contributed by atoms with E-state index >= 15 is 0 Å². The summed E-state index contributed by atoms with van der Waals surface area (Å²) >= 11 is 0. The fraction of sp³-hybridized carbons (Fsp3) is 0.533. The minimum absolute atomic E-state index is 0.112. The summed E-state index contributed by atoms with van der Waals surface area (Å²) in [6, 6.07) is 7.69. The van der Waals surface area contributed by atoms with Gasteiger partial charge in [0.1, 0.15) is 6.10 Å². The lowest BCUT2D eigenvalue weighted by Crippen LogP contribution is -2.45. The van der Waals surface area contributed by atoms with Crippen LogP contribution in [0.4, 0.5) is 5.69 Å². The molecule has 0 aromatic heterocycles. The van der Waals surface area contributed by atoms with Crippen LogP contribution in [-0.2, 0) is 20.9 Å². The number of hydrogen-bond acceptors (Lipinski definition) is 4. The number of ether oxygens (including phenoxy) is 2. The fourth-order valence-corrected chi connectivity index (χ4v) is 1.96. The molecule has 110 valence electrons. The molecule has 1 aliphatic rings. The Morgan fingerprint density at radius 3 is 3.10 bits per heavy atom. The van der Waals surface area contributed by atoms with Crippen LogP contribution in [0.3, 0.4) is 0 Å². The lowest BCUT2D eigenvalue weighted by molar-refractivity contribution is -0.128. The quantitative estimate of drug-likeness (QED) is 0.857. The number of rotatable bonds is 5. The SMILES string of the molecule is CC(C)OCc1cccc(NC(=O)C2CNCCO2)c1. The number of hydrogen-bond donors (Lipinski definition) is 2. The number of anilines is 1. The Balaban J connectivity index is 1.91. The van der Waals surface area contributed by atoms with Crippen LogP contribution in [0.5, 0.6) is 0 Å². The first-order chi connectivity index (χ1) is 9.65. The maximum Gasteiger partial charge on any atom is 0.254 e. The minimum atomic E-state index is -0.417. The standard InChI is InChI=1S/C15H22N2O3/c1-11(2)20-10-12-4-3-5-13(8-12)17-15(18)14-9-16-6-7-19-14/h3-5,8,11,14,16H,6-7,9-10H2,1-2H3,(H,17,18). The number of carbonyl (C=O) groups is 1. The number of amides is 1. The molecule has 1 saturated heterocycles. The first kappa shape index (κ1) is 15.0. The molecule has 1 heterocycles. The average Bonchev–Trinajstić information content (AvgIpc) is 2.46. The van der Waals surface area contributed by atoms with Crippen LogP contribution in [-0.4, -0.2) is 37.8 Å². The predicted molar refractivity (Wildman–Crippen MR) is 77.6 cm³/mol. The van der Waals surface area contributed by atoms with E-state index in [2.05, 4.69) is 10.6 Å². The first-order valence-corrected chi connectivity index (χ1v) is 6.99. The molecule has 5 heteroatoms. The van der Waals surface area contributed by atoms with Gasteiger partial charge in [-0.2, -0.15) is 0 Å². The summed E-state index contributed by atoms with van der Waals surface area (Å²) < 4.78 is 11.0. The fourth-order valence-electron chi connectivity index (χ4n) is 1.96. The van der Waals surface area contributed by atoms with Gasteiger partial charge in [0, 0.05) is 18.8 Å². The smallest absolute Gasteiger partial charge is 0.254 e. The molecule has 1 fully saturated rings. The summed E-state index contributed by atoms with van der Waals surface area (Å²) in [6.45, 7) is 6.47. The van der Waals surface area contributed by atoms with E-state index in [1.165, 1.54) is 0 Å². The molecule has 1 unspecified atom stereocenters. The van der Waals surface area contributed by atoms with Crippen LogP contribution in [0, 0.1) is 0 Å². The van der Waals surface area contributed by atoms with Crippen LogP contribution in [0.2, 0.25) is 0 Å². The summed E-state index contributed by atoms with van der Waals surface area (Å²) in [6.07, 6.45) is -0.228. The van der Waals surface area contributed by atoms with Gasteiger partial charge in [0.05, 0.1) is 19.3 Å². The van der Waals surface area contributed by atoms with E-state index in [1.807, 2.05) is 38.1 Å². The molecule has 1 amide bonds. The Hall–Kier alpha value is -1.43. The van der Waals surface area contributed by atoms with Gasteiger partial charge < -0.3 is 20.1 Å². The highest BCUT2D eigenvalue weighted by molar-refractivity contribution is 5.94. The van der Waals surface area contributed by atoms with E-state index in [9.17, 15) is 4.79 Å². The van der Waals surface area contributed by atoms with E-state index < -0.39 is 6.10 Å². The molecule has 0 bridgehead atoms. The Kier molecular flexibility index (Phi) is 5.52. The highest BCUT2D eigenvalue weighted by Crippen LogP contribution is 2.13. The van der Waals surface area contributed by atoms with Crippen LogP contribution in [0.15, 0.2) is 24.3 Å². The van der Waals surface area contributed by atoms with Crippen LogP contribution in [0.1, 0.15) is 19.4 Å². The monoisotopic (exact) mass is 278 g/mol. The van der Waals surface area contributed by atoms with Gasteiger partial charge in [-0.25, -0.2) is 0 Å². The number of nitrogens with one attached hydrogen (secondary N) is 2. The Labute approximate surface area is 119 Å². The topological polar surface area (TPSA) is 59.6 Å². The van der Waals surface area contributed by atoms with E-state index in [4.69, 9.17) is 9.47 Å². The second-order valence-corrected chi connectivity index (χ2v) is 5.11. The molecule has 1 aromatic carbocycles. The van der Waals surface area contributed by atoms with E-state index in [0.29, 0.717) is 19.8 Å². The number of carbonyl (C=O) groups excluding carboxylic acids is 1. The van der Waals surface area contributed by atoms with Crippen molar-refractivity contribution >= 4 is 11.6 Å². The highest BCUT2D eigenvalue weighted by atomic mass is 16.5.